The molecule has 2 N–H and O–H groups in total. The maximum Gasteiger partial charge on any atom is 0.309 e. The first kappa shape index (κ1) is 27.0. The average molecular weight is 457 g/mol. The van der Waals surface area contributed by atoms with Crippen molar-refractivity contribution in [3.8, 4) is 0 Å². The lowest BCUT2D eigenvalue weighted by Gasteiger charge is -2.51. The predicted molar refractivity (Wildman–Crippen MR) is 120 cm³/mol. The minimum absolute atomic E-state index is 0.0266. The standard InChI is InChI=1S/C24H44N2O6/c1-10-16(20(28)32-18-14-23(6,7)26(30)24(8,9)15-18)11-19(27)31-17-12-21(2,3)25(29)22(4,5)13-17/h16-18,29-30H,10-15H2,1-9H3. The zero-order chi connectivity index (χ0) is 24.7. The topological polar surface area (TPSA) is 99.5 Å². The van der Waals surface area contributed by atoms with Gasteiger partial charge in [0.25, 0.3) is 0 Å². The second-order valence-corrected chi connectivity index (χ2v) is 12.2. The predicted octanol–water partition coefficient (Wildman–Crippen LogP) is 4.31. The summed E-state index contributed by atoms with van der Waals surface area (Å²) < 4.78 is 11.6. The molecule has 2 aliphatic rings. The molecule has 2 fully saturated rings. The van der Waals surface area contributed by atoms with Gasteiger partial charge in [0.15, 0.2) is 0 Å². The normalized spacial score (nSPS) is 27.0. The van der Waals surface area contributed by atoms with Crippen LogP contribution in [-0.2, 0) is 19.1 Å². The van der Waals surface area contributed by atoms with Crippen LogP contribution in [-0.4, -0.2) is 66.8 Å². The number of carbonyl (C=O) groups is 2. The first-order valence-electron chi connectivity index (χ1n) is 11.8. The van der Waals surface area contributed by atoms with E-state index in [-0.39, 0.29) is 18.6 Å². The molecule has 0 aromatic carbocycles. The average Bonchev–Trinajstić information content (AvgIpc) is 2.61. The molecule has 0 aromatic heterocycles. The van der Waals surface area contributed by atoms with Crippen molar-refractivity contribution in [1.29, 1.82) is 0 Å². The Morgan fingerprint density at radius 1 is 0.781 bits per heavy atom. The molecule has 2 rings (SSSR count). The highest BCUT2D eigenvalue weighted by molar-refractivity contribution is 5.80. The molecule has 2 heterocycles. The number of rotatable bonds is 6. The van der Waals surface area contributed by atoms with Crippen molar-refractivity contribution in [2.24, 2.45) is 5.92 Å². The molecule has 8 heteroatoms. The Balaban J connectivity index is 1.96. The van der Waals surface area contributed by atoms with Gasteiger partial charge in [0.1, 0.15) is 12.2 Å². The molecular formula is C24H44N2O6. The maximum atomic E-state index is 12.9. The van der Waals surface area contributed by atoms with E-state index in [1.54, 1.807) is 0 Å². The number of piperidine rings is 2. The van der Waals surface area contributed by atoms with E-state index in [2.05, 4.69) is 0 Å². The van der Waals surface area contributed by atoms with Crippen molar-refractivity contribution >= 4 is 11.9 Å². The van der Waals surface area contributed by atoms with Crippen molar-refractivity contribution in [3.05, 3.63) is 0 Å². The van der Waals surface area contributed by atoms with Crippen LogP contribution in [0, 0.1) is 5.92 Å². The van der Waals surface area contributed by atoms with E-state index in [0.29, 0.717) is 32.1 Å². The van der Waals surface area contributed by atoms with Crippen molar-refractivity contribution in [2.45, 2.75) is 135 Å². The highest BCUT2D eigenvalue weighted by atomic mass is 16.6. The molecule has 0 saturated carbocycles. The van der Waals surface area contributed by atoms with Crippen molar-refractivity contribution in [1.82, 2.24) is 10.1 Å². The molecule has 0 radical (unpaired) electrons. The summed E-state index contributed by atoms with van der Waals surface area (Å²) in [6.45, 7) is 17.2. The second-order valence-electron chi connectivity index (χ2n) is 12.2. The van der Waals surface area contributed by atoms with Crippen molar-refractivity contribution < 1.29 is 29.5 Å². The smallest absolute Gasteiger partial charge is 0.309 e. The summed E-state index contributed by atoms with van der Waals surface area (Å²) in [6, 6.07) is 0. The maximum absolute atomic E-state index is 12.9. The van der Waals surface area contributed by atoms with Crippen LogP contribution >= 0.6 is 0 Å². The largest absolute Gasteiger partial charge is 0.462 e. The quantitative estimate of drug-likeness (QED) is 0.571. The summed E-state index contributed by atoms with van der Waals surface area (Å²) in [5, 5.41) is 23.6. The van der Waals surface area contributed by atoms with Crippen LogP contribution in [0.2, 0.25) is 0 Å². The number of esters is 2. The van der Waals surface area contributed by atoms with Crippen LogP contribution in [0.25, 0.3) is 0 Å². The minimum atomic E-state index is -0.570. The van der Waals surface area contributed by atoms with Gasteiger partial charge in [-0.1, -0.05) is 6.92 Å². The number of hydrogen-bond acceptors (Lipinski definition) is 8. The Kier molecular flexibility index (Phi) is 7.77. The third kappa shape index (κ3) is 6.01. The summed E-state index contributed by atoms with van der Waals surface area (Å²) >= 11 is 0. The van der Waals surface area contributed by atoms with Gasteiger partial charge in [0.05, 0.1) is 12.3 Å². The zero-order valence-corrected chi connectivity index (χ0v) is 21.4. The summed E-state index contributed by atoms with van der Waals surface area (Å²) in [5.74, 6) is -1.37. The Morgan fingerprint density at radius 2 is 1.12 bits per heavy atom. The Bertz CT molecular complexity index is 667. The lowest BCUT2D eigenvalue weighted by Crippen LogP contribution is -2.61. The highest BCUT2D eigenvalue weighted by Crippen LogP contribution is 2.39. The van der Waals surface area contributed by atoms with E-state index in [1.807, 2.05) is 62.3 Å². The van der Waals surface area contributed by atoms with Gasteiger partial charge in [0.2, 0.25) is 0 Å². The summed E-state index contributed by atoms with van der Waals surface area (Å²) in [7, 11) is 0. The molecule has 2 saturated heterocycles. The molecule has 0 aliphatic carbocycles. The minimum Gasteiger partial charge on any atom is -0.462 e. The Morgan fingerprint density at radius 3 is 1.47 bits per heavy atom. The van der Waals surface area contributed by atoms with Crippen LogP contribution in [0.1, 0.15) is 101 Å². The van der Waals surface area contributed by atoms with Gasteiger partial charge in [-0.25, -0.2) is 0 Å². The second kappa shape index (κ2) is 9.20. The van der Waals surface area contributed by atoms with Crippen molar-refractivity contribution in [2.75, 3.05) is 0 Å². The first-order chi connectivity index (χ1) is 14.4. The van der Waals surface area contributed by atoms with Gasteiger partial charge in [-0.15, -0.1) is 0 Å². The van der Waals surface area contributed by atoms with Crippen LogP contribution in [0.4, 0.5) is 0 Å². The SMILES string of the molecule is CCC(CC(=O)OC1CC(C)(C)N(O)C(C)(C)C1)C(=O)OC1CC(C)(C)N(O)C(C)(C)C1. The van der Waals surface area contributed by atoms with Crippen LogP contribution in [0.5, 0.6) is 0 Å². The Hall–Kier alpha value is -1.22. The summed E-state index contributed by atoms with van der Waals surface area (Å²) in [6.07, 6.45) is 1.88. The van der Waals surface area contributed by atoms with E-state index >= 15 is 0 Å². The zero-order valence-electron chi connectivity index (χ0n) is 21.4. The Labute approximate surface area is 193 Å². The van der Waals surface area contributed by atoms with Crippen molar-refractivity contribution in [3.63, 3.8) is 0 Å². The molecule has 0 spiro atoms. The van der Waals surface area contributed by atoms with Gasteiger partial charge >= 0.3 is 11.9 Å². The lowest BCUT2D eigenvalue weighted by atomic mass is 9.80. The first-order valence-corrected chi connectivity index (χ1v) is 11.8. The fourth-order valence-corrected chi connectivity index (χ4v) is 5.61. The summed E-state index contributed by atoms with van der Waals surface area (Å²) in [4.78, 5) is 25.6. The molecule has 1 atom stereocenters. The molecule has 8 nitrogen and oxygen atoms in total. The molecular weight excluding hydrogens is 412 g/mol. The van der Waals surface area contributed by atoms with E-state index < -0.39 is 40.0 Å². The molecule has 2 aliphatic heterocycles. The van der Waals surface area contributed by atoms with Gasteiger partial charge in [-0.3, -0.25) is 9.59 Å². The molecule has 0 amide bonds. The fraction of sp³-hybridized carbons (Fsp3) is 0.917. The molecule has 0 aromatic rings. The van der Waals surface area contributed by atoms with Gasteiger partial charge in [-0.2, -0.15) is 10.1 Å². The molecule has 0 bridgehead atoms. The number of carbonyl (C=O) groups excluding carboxylic acids is 2. The van der Waals surface area contributed by atoms with Gasteiger partial charge < -0.3 is 19.9 Å². The summed E-state index contributed by atoms with van der Waals surface area (Å²) in [5.41, 5.74) is -2.07. The number of nitrogens with zero attached hydrogens (tertiary/aromatic N) is 2. The van der Waals surface area contributed by atoms with E-state index in [1.165, 1.54) is 10.1 Å². The van der Waals surface area contributed by atoms with Gasteiger partial charge in [0, 0.05) is 47.8 Å². The number of ether oxygens (including phenoxy) is 2. The van der Waals surface area contributed by atoms with Crippen LogP contribution in [0.15, 0.2) is 0 Å². The monoisotopic (exact) mass is 456 g/mol. The van der Waals surface area contributed by atoms with Crippen LogP contribution < -0.4 is 0 Å². The number of hydroxylamine groups is 4. The van der Waals surface area contributed by atoms with Gasteiger partial charge in [-0.05, 0) is 61.8 Å². The molecule has 32 heavy (non-hydrogen) atoms. The highest BCUT2D eigenvalue weighted by Gasteiger charge is 2.48. The number of hydrogen-bond donors (Lipinski definition) is 2. The lowest BCUT2D eigenvalue weighted by molar-refractivity contribution is -0.260. The fourth-order valence-electron chi connectivity index (χ4n) is 5.61. The van der Waals surface area contributed by atoms with Crippen LogP contribution in [0.3, 0.4) is 0 Å². The molecule has 1 unspecified atom stereocenters. The third-order valence-corrected chi connectivity index (χ3v) is 7.02. The van der Waals surface area contributed by atoms with E-state index in [0.717, 1.165) is 0 Å². The van der Waals surface area contributed by atoms with E-state index in [4.69, 9.17) is 9.47 Å². The molecule has 186 valence electrons. The van der Waals surface area contributed by atoms with E-state index in [9.17, 15) is 20.0 Å². The third-order valence-electron chi connectivity index (χ3n) is 7.02.